The number of fused-ring (bicyclic) bond motifs is 1. The fraction of sp³-hybridized carbons (Fsp3) is 0.400. The van der Waals surface area contributed by atoms with Crippen LogP contribution in [0.15, 0.2) is 42.5 Å². The van der Waals surface area contributed by atoms with Crippen LogP contribution in [-0.2, 0) is 18.4 Å². The molecule has 2 aromatic carbocycles. The molecule has 1 heteroatoms. The summed E-state index contributed by atoms with van der Waals surface area (Å²) in [6, 6.07) is 14.8. The number of rotatable bonds is 2. The van der Waals surface area contributed by atoms with Crippen LogP contribution in [0.2, 0.25) is 0 Å². The van der Waals surface area contributed by atoms with Gasteiger partial charge in [0.15, 0.2) is 0 Å². The lowest BCUT2D eigenvalue weighted by Gasteiger charge is -2.30. The molecular weight excluding hydrogens is 256 g/mol. The summed E-state index contributed by atoms with van der Waals surface area (Å²) in [6.45, 7) is 4.29. The lowest BCUT2D eigenvalue weighted by Crippen LogP contribution is -2.29. The van der Waals surface area contributed by atoms with Crippen molar-refractivity contribution in [1.82, 2.24) is 0 Å². The van der Waals surface area contributed by atoms with E-state index in [1.54, 1.807) is 0 Å². The van der Waals surface area contributed by atoms with Gasteiger partial charge in [0.25, 0.3) is 0 Å². The second-order valence-electron chi connectivity index (χ2n) is 6.44. The lowest BCUT2D eigenvalue weighted by atomic mass is 9.81. The zero-order valence-corrected chi connectivity index (χ0v) is 13.0. The molecule has 1 N–H and O–H groups in total. The van der Waals surface area contributed by atoms with E-state index in [9.17, 15) is 5.11 Å². The standard InChI is InChI=1S/C20H24O/c1-15-8-7-9-16(2)18(15)14-20(21)13-6-5-11-17-10-3-4-12-19(17)20/h3-4,7-10,12,21H,5-6,11,13-14H2,1-2H3. The number of hydrogen-bond donors (Lipinski definition) is 1. The Hall–Kier alpha value is -1.60. The van der Waals surface area contributed by atoms with E-state index >= 15 is 0 Å². The second kappa shape index (κ2) is 5.65. The highest BCUT2D eigenvalue weighted by atomic mass is 16.3. The molecule has 1 unspecified atom stereocenters. The fourth-order valence-corrected chi connectivity index (χ4v) is 3.66. The van der Waals surface area contributed by atoms with Crippen LogP contribution in [-0.4, -0.2) is 5.11 Å². The first-order chi connectivity index (χ1) is 10.1. The van der Waals surface area contributed by atoms with E-state index in [0.717, 1.165) is 31.2 Å². The summed E-state index contributed by atoms with van der Waals surface area (Å²) in [6.07, 6.45) is 4.94. The molecule has 1 nitrogen and oxygen atoms in total. The average Bonchev–Trinajstić information content (AvgIpc) is 2.64. The zero-order valence-electron chi connectivity index (χ0n) is 13.0. The zero-order chi connectivity index (χ0) is 14.9. The van der Waals surface area contributed by atoms with Crippen molar-refractivity contribution in [2.75, 3.05) is 0 Å². The molecule has 0 radical (unpaired) electrons. The molecule has 0 saturated heterocycles. The molecule has 1 atom stereocenters. The van der Waals surface area contributed by atoms with Crippen LogP contribution >= 0.6 is 0 Å². The van der Waals surface area contributed by atoms with E-state index in [2.05, 4.69) is 56.3 Å². The van der Waals surface area contributed by atoms with Crippen molar-refractivity contribution in [2.45, 2.75) is 51.6 Å². The quantitative estimate of drug-likeness (QED) is 0.805. The normalized spacial score (nSPS) is 21.7. The van der Waals surface area contributed by atoms with Crippen LogP contribution in [0.4, 0.5) is 0 Å². The second-order valence-corrected chi connectivity index (χ2v) is 6.44. The summed E-state index contributed by atoms with van der Waals surface area (Å²) in [5, 5.41) is 11.4. The molecule has 3 rings (SSSR count). The summed E-state index contributed by atoms with van der Waals surface area (Å²) in [4.78, 5) is 0. The molecule has 110 valence electrons. The Morgan fingerprint density at radius 3 is 2.43 bits per heavy atom. The minimum Gasteiger partial charge on any atom is -0.385 e. The van der Waals surface area contributed by atoms with Crippen LogP contribution < -0.4 is 0 Å². The van der Waals surface area contributed by atoms with Gasteiger partial charge in [0, 0.05) is 6.42 Å². The maximum Gasteiger partial charge on any atom is 0.0939 e. The van der Waals surface area contributed by atoms with Gasteiger partial charge in [-0.2, -0.15) is 0 Å². The van der Waals surface area contributed by atoms with E-state index in [1.165, 1.54) is 28.7 Å². The van der Waals surface area contributed by atoms with Crippen LogP contribution in [0.25, 0.3) is 0 Å². The van der Waals surface area contributed by atoms with Crippen molar-refractivity contribution in [1.29, 1.82) is 0 Å². The van der Waals surface area contributed by atoms with Gasteiger partial charge in [-0.25, -0.2) is 0 Å². The Labute approximate surface area is 127 Å². The fourth-order valence-electron chi connectivity index (χ4n) is 3.66. The van der Waals surface area contributed by atoms with Crippen LogP contribution in [0.5, 0.6) is 0 Å². The third-order valence-corrected chi connectivity index (χ3v) is 4.92. The number of benzene rings is 2. The largest absolute Gasteiger partial charge is 0.385 e. The summed E-state index contributed by atoms with van der Waals surface area (Å²) in [7, 11) is 0. The smallest absolute Gasteiger partial charge is 0.0939 e. The van der Waals surface area contributed by atoms with E-state index in [0.29, 0.717) is 0 Å². The van der Waals surface area contributed by atoms with Gasteiger partial charge < -0.3 is 5.11 Å². The lowest BCUT2D eigenvalue weighted by molar-refractivity contribution is 0.0269. The first kappa shape index (κ1) is 14.3. The molecule has 1 aliphatic rings. The molecule has 0 aromatic heterocycles. The van der Waals surface area contributed by atoms with Gasteiger partial charge in [-0.1, -0.05) is 42.5 Å². The Bertz CT molecular complexity index is 624. The predicted molar refractivity (Wildman–Crippen MR) is 87.5 cm³/mol. The van der Waals surface area contributed by atoms with Gasteiger partial charge in [-0.05, 0) is 67.3 Å². The van der Waals surface area contributed by atoms with Crippen molar-refractivity contribution in [2.24, 2.45) is 0 Å². The van der Waals surface area contributed by atoms with Crippen LogP contribution in [0.3, 0.4) is 0 Å². The first-order valence-electron chi connectivity index (χ1n) is 7.96. The monoisotopic (exact) mass is 280 g/mol. The van der Waals surface area contributed by atoms with Crippen molar-refractivity contribution < 1.29 is 5.11 Å². The van der Waals surface area contributed by atoms with Crippen LogP contribution in [0, 0.1) is 13.8 Å². The summed E-state index contributed by atoms with van der Waals surface area (Å²) in [5.74, 6) is 0. The third-order valence-electron chi connectivity index (χ3n) is 4.92. The minimum absolute atomic E-state index is 0.718. The SMILES string of the molecule is Cc1cccc(C)c1CC1(O)CCCCc2ccccc21. The van der Waals surface area contributed by atoms with E-state index < -0.39 is 5.60 Å². The minimum atomic E-state index is -0.718. The van der Waals surface area contributed by atoms with E-state index in [4.69, 9.17) is 0 Å². The van der Waals surface area contributed by atoms with Gasteiger partial charge >= 0.3 is 0 Å². The molecular formula is C20H24O. The van der Waals surface area contributed by atoms with Crippen molar-refractivity contribution in [3.63, 3.8) is 0 Å². The molecule has 0 aliphatic heterocycles. The summed E-state index contributed by atoms with van der Waals surface area (Å²) < 4.78 is 0. The highest BCUT2D eigenvalue weighted by Crippen LogP contribution is 2.37. The average molecular weight is 280 g/mol. The van der Waals surface area contributed by atoms with Crippen molar-refractivity contribution in [3.8, 4) is 0 Å². The molecule has 0 amide bonds. The van der Waals surface area contributed by atoms with Gasteiger partial charge in [0.2, 0.25) is 0 Å². The van der Waals surface area contributed by atoms with Crippen molar-refractivity contribution in [3.05, 3.63) is 70.3 Å². The molecule has 0 fully saturated rings. The summed E-state index contributed by atoms with van der Waals surface area (Å²) >= 11 is 0. The highest BCUT2D eigenvalue weighted by Gasteiger charge is 2.33. The van der Waals surface area contributed by atoms with Crippen molar-refractivity contribution >= 4 is 0 Å². The maximum absolute atomic E-state index is 11.4. The van der Waals surface area contributed by atoms with E-state index in [1.807, 2.05) is 0 Å². The molecule has 1 aliphatic carbocycles. The number of hydrogen-bond acceptors (Lipinski definition) is 1. The Balaban J connectivity index is 2.04. The molecule has 0 saturated carbocycles. The van der Waals surface area contributed by atoms with Gasteiger partial charge in [0.05, 0.1) is 5.60 Å². The number of aliphatic hydroxyl groups is 1. The topological polar surface area (TPSA) is 20.2 Å². The maximum atomic E-state index is 11.4. The molecule has 0 heterocycles. The van der Waals surface area contributed by atoms with Crippen LogP contribution in [0.1, 0.15) is 47.1 Å². The highest BCUT2D eigenvalue weighted by molar-refractivity contribution is 5.39. The van der Waals surface area contributed by atoms with E-state index in [-0.39, 0.29) is 0 Å². The molecule has 21 heavy (non-hydrogen) atoms. The molecule has 0 spiro atoms. The molecule has 0 bridgehead atoms. The Morgan fingerprint density at radius 2 is 1.67 bits per heavy atom. The Morgan fingerprint density at radius 1 is 0.952 bits per heavy atom. The third kappa shape index (κ3) is 2.75. The van der Waals surface area contributed by atoms with Gasteiger partial charge in [-0.3, -0.25) is 0 Å². The van der Waals surface area contributed by atoms with Gasteiger partial charge in [-0.15, -0.1) is 0 Å². The van der Waals surface area contributed by atoms with Gasteiger partial charge in [0.1, 0.15) is 0 Å². The Kier molecular flexibility index (Phi) is 3.86. The summed E-state index contributed by atoms with van der Waals surface area (Å²) in [5.41, 5.74) is 5.62. The molecule has 2 aromatic rings. The first-order valence-corrected chi connectivity index (χ1v) is 7.96. The predicted octanol–water partition coefficient (Wildman–Crippen LogP) is 4.46. The number of aryl methyl sites for hydroxylation is 3.